The molecule has 1 aromatic heterocycles. The number of benzene rings is 2. The number of hydrogen-bond donors (Lipinski definition) is 1. The molecular weight excluding hydrogens is 414 g/mol. The maximum absolute atomic E-state index is 12.1. The van der Waals surface area contributed by atoms with Crippen molar-refractivity contribution < 1.29 is 14.3 Å². The van der Waals surface area contributed by atoms with Crippen molar-refractivity contribution in [2.24, 2.45) is 0 Å². The first-order chi connectivity index (χ1) is 15.1. The van der Waals surface area contributed by atoms with Crippen LogP contribution in [0.2, 0.25) is 5.02 Å². The maximum atomic E-state index is 12.1. The molecule has 0 fully saturated rings. The zero-order chi connectivity index (χ0) is 22.1. The second-order valence-electron chi connectivity index (χ2n) is 7.34. The number of amides is 1. The van der Waals surface area contributed by atoms with Crippen molar-refractivity contribution in [3.05, 3.63) is 64.9 Å². The van der Waals surface area contributed by atoms with Crippen LogP contribution in [0.25, 0.3) is 11.0 Å². The van der Waals surface area contributed by atoms with Crippen molar-refractivity contribution in [2.75, 3.05) is 13.2 Å². The van der Waals surface area contributed by atoms with E-state index in [1.807, 2.05) is 47.0 Å². The molecule has 0 unspecified atom stereocenters. The van der Waals surface area contributed by atoms with Gasteiger partial charge in [-0.1, -0.05) is 48.4 Å². The molecule has 3 aromatic rings. The van der Waals surface area contributed by atoms with Crippen LogP contribution >= 0.6 is 11.6 Å². The van der Waals surface area contributed by atoms with Crippen molar-refractivity contribution in [2.45, 2.75) is 45.6 Å². The van der Waals surface area contributed by atoms with E-state index in [2.05, 4.69) is 5.32 Å². The maximum Gasteiger partial charge on any atom is 0.326 e. The van der Waals surface area contributed by atoms with E-state index in [4.69, 9.17) is 21.3 Å². The van der Waals surface area contributed by atoms with E-state index in [-0.39, 0.29) is 24.8 Å². The normalized spacial score (nSPS) is 10.9. The van der Waals surface area contributed by atoms with Crippen LogP contribution in [0.5, 0.6) is 0 Å². The summed E-state index contributed by atoms with van der Waals surface area (Å²) in [4.78, 5) is 28.8. The number of fused-ring (bicyclic) bond motifs is 1. The Balaban J connectivity index is 1.45. The summed E-state index contributed by atoms with van der Waals surface area (Å²) >= 11 is 6.10. The molecule has 164 valence electrons. The number of para-hydroxylation sites is 2. The van der Waals surface area contributed by atoms with Gasteiger partial charge in [0.25, 0.3) is 0 Å². The van der Waals surface area contributed by atoms with Gasteiger partial charge in [-0.3, -0.25) is 9.59 Å². The molecule has 6 nitrogen and oxygen atoms in total. The summed E-state index contributed by atoms with van der Waals surface area (Å²) < 4.78 is 7.06. The van der Waals surface area contributed by atoms with Crippen LogP contribution < -0.4 is 5.32 Å². The van der Waals surface area contributed by atoms with Crippen LogP contribution in [-0.2, 0) is 33.7 Å². The van der Waals surface area contributed by atoms with Gasteiger partial charge in [-0.15, -0.1) is 0 Å². The Kier molecular flexibility index (Phi) is 8.47. The lowest BCUT2D eigenvalue weighted by atomic mass is 10.1. The number of aromatic nitrogens is 2. The van der Waals surface area contributed by atoms with E-state index in [1.54, 1.807) is 13.0 Å². The monoisotopic (exact) mass is 441 g/mol. The predicted molar refractivity (Wildman–Crippen MR) is 122 cm³/mol. The molecule has 7 heteroatoms. The van der Waals surface area contributed by atoms with Gasteiger partial charge in [0.15, 0.2) is 0 Å². The number of nitrogens with zero attached hydrogens (tertiary/aromatic N) is 2. The second-order valence-corrected chi connectivity index (χ2v) is 7.74. The van der Waals surface area contributed by atoms with E-state index in [1.165, 1.54) is 0 Å². The third kappa shape index (κ3) is 6.56. The number of imidazole rings is 1. The molecule has 31 heavy (non-hydrogen) atoms. The molecule has 3 rings (SSSR count). The number of nitrogens with one attached hydrogen (secondary N) is 1. The number of carbonyl (C=O) groups is 2. The van der Waals surface area contributed by atoms with Gasteiger partial charge in [-0.2, -0.15) is 0 Å². The minimum Gasteiger partial charge on any atom is -0.465 e. The summed E-state index contributed by atoms with van der Waals surface area (Å²) in [7, 11) is 0. The van der Waals surface area contributed by atoms with E-state index in [9.17, 15) is 9.59 Å². The molecule has 1 amide bonds. The molecule has 0 aliphatic rings. The van der Waals surface area contributed by atoms with Crippen molar-refractivity contribution in [3.63, 3.8) is 0 Å². The Morgan fingerprint density at radius 2 is 1.84 bits per heavy atom. The van der Waals surface area contributed by atoms with Gasteiger partial charge in [0.2, 0.25) is 5.91 Å². The topological polar surface area (TPSA) is 73.2 Å². The fourth-order valence-corrected chi connectivity index (χ4v) is 3.72. The number of rotatable bonds is 11. The van der Waals surface area contributed by atoms with E-state index in [0.717, 1.165) is 48.1 Å². The Morgan fingerprint density at radius 1 is 1.06 bits per heavy atom. The molecule has 0 radical (unpaired) electrons. The largest absolute Gasteiger partial charge is 0.465 e. The van der Waals surface area contributed by atoms with Gasteiger partial charge in [0, 0.05) is 18.0 Å². The third-order valence-electron chi connectivity index (χ3n) is 5.03. The van der Waals surface area contributed by atoms with E-state index >= 15 is 0 Å². The molecule has 0 saturated heterocycles. The molecular formula is C24H28ClN3O3. The minimum atomic E-state index is -0.256. The highest BCUT2D eigenvalue weighted by atomic mass is 35.5. The molecule has 0 aliphatic heterocycles. The van der Waals surface area contributed by atoms with Crippen LogP contribution in [0.15, 0.2) is 48.5 Å². The Hall–Kier alpha value is -2.86. The fourth-order valence-electron chi connectivity index (χ4n) is 3.52. The first-order valence-corrected chi connectivity index (χ1v) is 11.1. The summed E-state index contributed by atoms with van der Waals surface area (Å²) in [6.45, 7) is 2.96. The average molecular weight is 442 g/mol. The first kappa shape index (κ1) is 22.8. The zero-order valence-corrected chi connectivity index (χ0v) is 18.5. The molecule has 0 spiro atoms. The lowest BCUT2D eigenvalue weighted by molar-refractivity contribution is -0.143. The standard InChI is InChI=1S/C24H28ClN3O3/c1-2-31-24(30)17-28-21-13-8-7-12-20(21)27-22(28)14-4-3-9-15-26-23(29)16-18-10-5-6-11-19(18)25/h5-8,10-13H,2-4,9,14-17H2,1H3,(H,26,29). The van der Waals surface area contributed by atoms with Crippen molar-refractivity contribution in [1.82, 2.24) is 14.9 Å². The highest BCUT2D eigenvalue weighted by Crippen LogP contribution is 2.18. The number of aryl methyl sites for hydroxylation is 1. The van der Waals surface area contributed by atoms with Gasteiger partial charge in [-0.05, 0) is 43.5 Å². The second kappa shape index (κ2) is 11.5. The highest BCUT2D eigenvalue weighted by molar-refractivity contribution is 6.31. The van der Waals surface area contributed by atoms with E-state index in [0.29, 0.717) is 18.2 Å². The predicted octanol–water partition coefficient (Wildman–Crippen LogP) is 4.32. The van der Waals surface area contributed by atoms with Gasteiger partial charge in [0.1, 0.15) is 12.4 Å². The Labute approximate surface area is 187 Å². The average Bonchev–Trinajstić information content (AvgIpc) is 3.10. The van der Waals surface area contributed by atoms with Crippen molar-refractivity contribution in [1.29, 1.82) is 0 Å². The summed E-state index contributed by atoms with van der Waals surface area (Å²) in [6.07, 6.45) is 3.81. The molecule has 0 aliphatic carbocycles. The summed E-state index contributed by atoms with van der Waals surface area (Å²) in [6, 6.07) is 15.2. The molecule has 1 heterocycles. The van der Waals surface area contributed by atoms with Gasteiger partial charge >= 0.3 is 5.97 Å². The Bertz CT molecular complexity index is 1030. The number of unbranched alkanes of at least 4 members (excludes halogenated alkanes) is 2. The van der Waals surface area contributed by atoms with Crippen LogP contribution in [0.4, 0.5) is 0 Å². The van der Waals surface area contributed by atoms with Gasteiger partial charge in [-0.25, -0.2) is 4.98 Å². The minimum absolute atomic E-state index is 0.0238. The van der Waals surface area contributed by atoms with Gasteiger partial charge in [0.05, 0.1) is 24.1 Å². The number of halogens is 1. The summed E-state index contributed by atoms with van der Waals surface area (Å²) in [5.74, 6) is 0.606. The number of ether oxygens (including phenoxy) is 1. The number of carbonyl (C=O) groups excluding carboxylic acids is 2. The molecule has 0 atom stereocenters. The molecule has 2 aromatic carbocycles. The first-order valence-electron chi connectivity index (χ1n) is 10.7. The zero-order valence-electron chi connectivity index (χ0n) is 17.8. The SMILES string of the molecule is CCOC(=O)Cn1c(CCCCCNC(=O)Cc2ccccc2Cl)nc2ccccc21. The number of esters is 1. The van der Waals surface area contributed by atoms with Crippen LogP contribution in [-0.4, -0.2) is 34.6 Å². The molecule has 1 N–H and O–H groups in total. The Morgan fingerprint density at radius 3 is 2.65 bits per heavy atom. The molecule has 0 saturated carbocycles. The van der Waals surface area contributed by atoms with Crippen molar-refractivity contribution >= 4 is 34.5 Å². The van der Waals surface area contributed by atoms with Crippen molar-refractivity contribution in [3.8, 4) is 0 Å². The third-order valence-corrected chi connectivity index (χ3v) is 5.40. The van der Waals surface area contributed by atoms with Crippen LogP contribution in [0.3, 0.4) is 0 Å². The fraction of sp³-hybridized carbons (Fsp3) is 0.375. The quantitative estimate of drug-likeness (QED) is 0.355. The number of hydrogen-bond acceptors (Lipinski definition) is 4. The smallest absolute Gasteiger partial charge is 0.326 e. The van der Waals surface area contributed by atoms with Crippen LogP contribution in [0.1, 0.15) is 37.6 Å². The van der Waals surface area contributed by atoms with E-state index < -0.39 is 0 Å². The highest BCUT2D eigenvalue weighted by Gasteiger charge is 2.14. The molecule has 0 bridgehead atoms. The lowest BCUT2D eigenvalue weighted by Crippen LogP contribution is -2.26. The summed E-state index contributed by atoms with van der Waals surface area (Å²) in [5, 5.41) is 3.56. The summed E-state index contributed by atoms with van der Waals surface area (Å²) in [5.41, 5.74) is 2.66. The lowest BCUT2D eigenvalue weighted by Gasteiger charge is -2.09. The van der Waals surface area contributed by atoms with Gasteiger partial charge < -0.3 is 14.6 Å². The van der Waals surface area contributed by atoms with Crippen LogP contribution in [0, 0.1) is 0 Å².